The Kier molecular flexibility index (Phi) is 3.61. The monoisotopic (exact) mass is 334 g/mol. The number of halogens is 2. The Morgan fingerprint density at radius 2 is 1.60 bits per heavy atom. The largest absolute Gasteiger partial charge is 0.506 e. The lowest BCUT2D eigenvalue weighted by molar-refractivity contribution is 0.0858. The highest BCUT2D eigenvalue weighted by Crippen LogP contribution is 2.35. The Balaban J connectivity index is 3.24. The molecule has 0 saturated carbocycles. The summed E-state index contributed by atoms with van der Waals surface area (Å²) in [7, 11) is 0. The molecule has 0 radical (unpaired) electrons. The quantitative estimate of drug-likeness (QED) is 0.783. The molecule has 1 aromatic carbocycles. The van der Waals surface area contributed by atoms with Gasteiger partial charge in [0, 0.05) is 11.0 Å². The third-order valence-electron chi connectivity index (χ3n) is 1.96. The van der Waals surface area contributed by atoms with E-state index in [4.69, 9.17) is 0 Å². The topological polar surface area (TPSA) is 37.3 Å². The number of hydrogen-bond donors (Lipinski definition) is 1. The van der Waals surface area contributed by atoms with Crippen molar-refractivity contribution >= 4 is 37.6 Å². The van der Waals surface area contributed by atoms with Gasteiger partial charge < -0.3 is 5.11 Å². The molecule has 0 heterocycles. The molecule has 0 saturated heterocycles. The van der Waals surface area contributed by atoms with E-state index in [1.165, 1.54) is 0 Å². The molecule has 0 bridgehead atoms. The minimum Gasteiger partial charge on any atom is -0.506 e. The Labute approximate surface area is 106 Å². The molecule has 82 valence electrons. The maximum atomic E-state index is 12.0. The van der Waals surface area contributed by atoms with Crippen LogP contribution in [-0.4, -0.2) is 10.9 Å². The molecule has 0 unspecified atom stereocenters. The van der Waals surface area contributed by atoms with Crippen molar-refractivity contribution in [3.8, 4) is 5.75 Å². The smallest absolute Gasteiger partial charge is 0.168 e. The van der Waals surface area contributed by atoms with Crippen molar-refractivity contribution in [1.29, 1.82) is 0 Å². The van der Waals surface area contributed by atoms with Crippen LogP contribution in [0.3, 0.4) is 0 Å². The number of ketones is 1. The first kappa shape index (κ1) is 12.7. The first-order valence-corrected chi connectivity index (χ1v) is 6.05. The first-order chi connectivity index (χ1) is 6.73. The van der Waals surface area contributed by atoms with Crippen molar-refractivity contribution in [2.45, 2.75) is 20.8 Å². The van der Waals surface area contributed by atoms with Gasteiger partial charge in [-0.25, -0.2) is 0 Å². The molecule has 1 aromatic rings. The summed E-state index contributed by atoms with van der Waals surface area (Å²) in [4.78, 5) is 12.0. The van der Waals surface area contributed by atoms with Crippen LogP contribution in [0, 0.1) is 5.41 Å². The second-order valence-corrected chi connectivity index (χ2v) is 6.08. The van der Waals surface area contributed by atoms with E-state index in [0.29, 0.717) is 14.5 Å². The van der Waals surface area contributed by atoms with Crippen molar-refractivity contribution in [2.24, 2.45) is 5.41 Å². The summed E-state index contributed by atoms with van der Waals surface area (Å²) in [6, 6.07) is 3.27. The van der Waals surface area contributed by atoms with Gasteiger partial charge in [0.1, 0.15) is 5.75 Å². The minimum atomic E-state index is -0.421. The lowest BCUT2D eigenvalue weighted by atomic mass is 9.86. The number of rotatable bonds is 1. The van der Waals surface area contributed by atoms with E-state index in [0.717, 1.165) is 0 Å². The van der Waals surface area contributed by atoms with E-state index in [9.17, 15) is 9.90 Å². The molecule has 0 aliphatic carbocycles. The highest BCUT2D eigenvalue weighted by molar-refractivity contribution is 9.11. The van der Waals surface area contributed by atoms with Crippen molar-refractivity contribution in [1.82, 2.24) is 0 Å². The number of Topliss-reactive ketones (excluding diaryl/α,β-unsaturated/α-hetero) is 1. The number of phenolic OH excluding ortho intramolecular Hbond substituents is 1. The van der Waals surface area contributed by atoms with E-state index in [-0.39, 0.29) is 11.5 Å². The number of hydrogen-bond acceptors (Lipinski definition) is 2. The second-order valence-electron chi connectivity index (χ2n) is 4.37. The summed E-state index contributed by atoms with van der Waals surface area (Å²) in [5, 5.41) is 9.51. The third-order valence-corrected chi connectivity index (χ3v) is 3.17. The summed E-state index contributed by atoms with van der Waals surface area (Å²) in [6.07, 6.45) is 0. The Bertz CT molecular complexity index is 383. The number of aromatic hydroxyl groups is 1. The summed E-state index contributed by atoms with van der Waals surface area (Å²) in [5.74, 6) is 0.157. The molecule has 15 heavy (non-hydrogen) atoms. The fraction of sp³-hybridized carbons (Fsp3) is 0.364. The van der Waals surface area contributed by atoms with E-state index >= 15 is 0 Å². The number of phenols is 1. The van der Waals surface area contributed by atoms with Gasteiger partial charge in [0.25, 0.3) is 0 Å². The Morgan fingerprint density at radius 3 is 1.93 bits per heavy atom. The van der Waals surface area contributed by atoms with Crippen molar-refractivity contribution in [3.63, 3.8) is 0 Å². The van der Waals surface area contributed by atoms with E-state index in [1.807, 2.05) is 20.8 Å². The Hall–Kier alpha value is -0.350. The molecule has 4 heteroatoms. The van der Waals surface area contributed by atoms with Crippen LogP contribution in [0.5, 0.6) is 5.75 Å². The second kappa shape index (κ2) is 4.26. The minimum absolute atomic E-state index is 0.0453. The van der Waals surface area contributed by atoms with Gasteiger partial charge in [0.2, 0.25) is 0 Å². The molecule has 1 rings (SSSR count). The van der Waals surface area contributed by atoms with Gasteiger partial charge in [0.05, 0.1) is 8.95 Å². The van der Waals surface area contributed by atoms with Gasteiger partial charge >= 0.3 is 0 Å². The standard InChI is InChI=1S/C11H12Br2O2/c1-11(2,3)10(15)6-4-7(12)9(14)8(13)5-6/h4-5,14H,1-3H3. The zero-order valence-electron chi connectivity index (χ0n) is 8.77. The van der Waals surface area contributed by atoms with Gasteiger partial charge in [-0.1, -0.05) is 20.8 Å². The maximum absolute atomic E-state index is 12.0. The van der Waals surface area contributed by atoms with Crippen molar-refractivity contribution < 1.29 is 9.90 Å². The average Bonchev–Trinajstić information content (AvgIpc) is 2.10. The fourth-order valence-corrected chi connectivity index (χ4v) is 2.32. The van der Waals surface area contributed by atoms with Gasteiger partial charge in [0.15, 0.2) is 5.78 Å². The predicted molar refractivity (Wildman–Crippen MR) is 67.3 cm³/mol. The van der Waals surface area contributed by atoms with Crippen LogP contribution in [0.25, 0.3) is 0 Å². The molecular formula is C11H12Br2O2. The summed E-state index contributed by atoms with van der Waals surface area (Å²) in [5.41, 5.74) is 0.162. The summed E-state index contributed by atoms with van der Waals surface area (Å²) >= 11 is 6.40. The first-order valence-electron chi connectivity index (χ1n) is 4.46. The lowest BCUT2D eigenvalue weighted by Crippen LogP contribution is -2.20. The maximum Gasteiger partial charge on any atom is 0.168 e. The Morgan fingerprint density at radius 1 is 1.20 bits per heavy atom. The van der Waals surface area contributed by atoms with Crippen LogP contribution >= 0.6 is 31.9 Å². The molecule has 0 fully saturated rings. The zero-order valence-corrected chi connectivity index (χ0v) is 11.9. The number of carbonyl (C=O) groups excluding carboxylic acids is 1. The number of carbonyl (C=O) groups is 1. The van der Waals surface area contributed by atoms with E-state index in [2.05, 4.69) is 31.9 Å². The molecule has 0 spiro atoms. The van der Waals surface area contributed by atoms with Gasteiger partial charge in [-0.15, -0.1) is 0 Å². The van der Waals surface area contributed by atoms with E-state index < -0.39 is 5.41 Å². The summed E-state index contributed by atoms with van der Waals surface area (Å²) in [6.45, 7) is 5.60. The van der Waals surface area contributed by atoms with Gasteiger partial charge in [-0.3, -0.25) is 4.79 Å². The van der Waals surface area contributed by atoms with E-state index in [1.54, 1.807) is 12.1 Å². The van der Waals surface area contributed by atoms with Crippen molar-refractivity contribution in [3.05, 3.63) is 26.6 Å². The van der Waals surface area contributed by atoms with Crippen LogP contribution in [0.15, 0.2) is 21.1 Å². The van der Waals surface area contributed by atoms with Crippen molar-refractivity contribution in [2.75, 3.05) is 0 Å². The highest BCUT2D eigenvalue weighted by Gasteiger charge is 2.24. The predicted octanol–water partition coefficient (Wildman–Crippen LogP) is 4.15. The molecule has 0 amide bonds. The van der Waals surface area contributed by atoms with Crippen LogP contribution in [0.4, 0.5) is 0 Å². The highest BCUT2D eigenvalue weighted by atomic mass is 79.9. The molecule has 0 aliphatic rings. The molecule has 0 aliphatic heterocycles. The van der Waals surface area contributed by atoms with Gasteiger partial charge in [-0.05, 0) is 44.0 Å². The average molecular weight is 336 g/mol. The normalized spacial score (nSPS) is 11.5. The van der Waals surface area contributed by atoms with Crippen LogP contribution < -0.4 is 0 Å². The third kappa shape index (κ3) is 2.82. The summed E-state index contributed by atoms with van der Waals surface area (Å²) < 4.78 is 1.04. The SMILES string of the molecule is CC(C)(C)C(=O)c1cc(Br)c(O)c(Br)c1. The number of benzene rings is 1. The molecule has 2 nitrogen and oxygen atoms in total. The molecule has 1 N–H and O–H groups in total. The van der Waals surface area contributed by atoms with Gasteiger partial charge in [-0.2, -0.15) is 0 Å². The van der Waals surface area contributed by atoms with Crippen LogP contribution in [0.2, 0.25) is 0 Å². The fourth-order valence-electron chi connectivity index (χ4n) is 1.13. The molecular weight excluding hydrogens is 324 g/mol. The lowest BCUT2D eigenvalue weighted by Gasteiger charge is -2.17. The van der Waals surface area contributed by atoms with Crippen LogP contribution in [-0.2, 0) is 0 Å². The van der Waals surface area contributed by atoms with Crippen LogP contribution in [0.1, 0.15) is 31.1 Å². The molecule has 0 atom stereocenters. The molecule has 0 aromatic heterocycles. The zero-order chi connectivity index (χ0) is 11.8.